The Bertz CT molecular complexity index is 416. The predicted octanol–water partition coefficient (Wildman–Crippen LogP) is 3.32. The van der Waals surface area contributed by atoms with Gasteiger partial charge in [-0.05, 0) is 62.4 Å². The Morgan fingerprint density at radius 1 is 1.24 bits per heavy atom. The van der Waals surface area contributed by atoms with Crippen molar-refractivity contribution < 1.29 is 4.39 Å². The van der Waals surface area contributed by atoms with E-state index in [1.807, 2.05) is 12.1 Å². The molecule has 0 amide bonds. The lowest BCUT2D eigenvalue weighted by atomic mass is 9.89. The van der Waals surface area contributed by atoms with Crippen molar-refractivity contribution in [1.82, 2.24) is 10.2 Å². The van der Waals surface area contributed by atoms with Gasteiger partial charge >= 0.3 is 0 Å². The zero-order valence-electron chi connectivity index (χ0n) is 13.6. The summed E-state index contributed by atoms with van der Waals surface area (Å²) in [5.74, 6) is 1.27. The van der Waals surface area contributed by atoms with E-state index in [-0.39, 0.29) is 5.82 Å². The molecule has 3 heteroatoms. The van der Waals surface area contributed by atoms with Crippen LogP contribution in [0.3, 0.4) is 0 Å². The minimum Gasteiger partial charge on any atom is -0.313 e. The van der Waals surface area contributed by atoms with Crippen LogP contribution >= 0.6 is 0 Å². The first-order chi connectivity index (χ1) is 10.0. The Kier molecular flexibility index (Phi) is 6.19. The summed E-state index contributed by atoms with van der Waals surface area (Å²) in [6.45, 7) is 7.93. The molecule has 1 aromatic carbocycles. The summed E-state index contributed by atoms with van der Waals surface area (Å²) in [7, 11) is 2.20. The van der Waals surface area contributed by atoms with Crippen molar-refractivity contribution in [2.45, 2.75) is 39.2 Å². The second-order valence-electron chi connectivity index (χ2n) is 6.99. The second kappa shape index (κ2) is 7.90. The van der Waals surface area contributed by atoms with Crippen LogP contribution < -0.4 is 5.32 Å². The first-order valence-corrected chi connectivity index (χ1v) is 8.19. The third kappa shape index (κ3) is 5.76. The highest BCUT2D eigenvalue weighted by atomic mass is 19.1. The molecule has 2 atom stereocenters. The van der Waals surface area contributed by atoms with E-state index in [0.29, 0.717) is 12.0 Å². The lowest BCUT2D eigenvalue weighted by Gasteiger charge is -2.36. The summed E-state index contributed by atoms with van der Waals surface area (Å²) in [6, 6.07) is 7.57. The number of piperidine rings is 1. The van der Waals surface area contributed by atoms with Crippen molar-refractivity contribution in [2.24, 2.45) is 11.8 Å². The maximum absolute atomic E-state index is 13.0. The van der Waals surface area contributed by atoms with Crippen LogP contribution in [0.1, 0.15) is 32.3 Å². The van der Waals surface area contributed by atoms with E-state index in [1.54, 1.807) is 12.1 Å². The molecule has 1 N–H and O–H groups in total. The van der Waals surface area contributed by atoms with Gasteiger partial charge in [-0.25, -0.2) is 4.39 Å². The molecule has 0 bridgehead atoms. The molecule has 0 saturated carbocycles. The normalized spacial score (nSPS) is 23.7. The highest BCUT2D eigenvalue weighted by Crippen LogP contribution is 2.20. The van der Waals surface area contributed by atoms with Crippen molar-refractivity contribution in [2.75, 3.05) is 26.7 Å². The lowest BCUT2D eigenvalue weighted by molar-refractivity contribution is 0.168. The van der Waals surface area contributed by atoms with E-state index < -0.39 is 0 Å². The Balaban J connectivity index is 1.83. The van der Waals surface area contributed by atoms with E-state index in [1.165, 1.54) is 18.4 Å². The summed E-state index contributed by atoms with van der Waals surface area (Å²) in [5.41, 5.74) is 1.25. The Morgan fingerprint density at radius 2 is 1.95 bits per heavy atom. The standard InChI is InChI=1S/C18H29FN2/c1-14(2)8-9-20-18-11-16(12-21(3)13-18)10-15-4-6-17(19)7-5-15/h4-7,14,16,18,20H,8-13H2,1-3H3. The number of hydrogen-bond acceptors (Lipinski definition) is 2. The van der Waals surface area contributed by atoms with E-state index in [0.717, 1.165) is 32.0 Å². The molecule has 2 nitrogen and oxygen atoms in total. The summed E-state index contributed by atoms with van der Waals surface area (Å²) in [4.78, 5) is 2.42. The molecule has 0 aromatic heterocycles. The van der Waals surface area contributed by atoms with Crippen LogP contribution in [0.4, 0.5) is 4.39 Å². The smallest absolute Gasteiger partial charge is 0.123 e. The van der Waals surface area contributed by atoms with Crippen molar-refractivity contribution in [3.05, 3.63) is 35.6 Å². The number of nitrogens with zero attached hydrogens (tertiary/aromatic N) is 1. The van der Waals surface area contributed by atoms with Gasteiger partial charge < -0.3 is 10.2 Å². The van der Waals surface area contributed by atoms with Crippen LogP contribution in [-0.2, 0) is 6.42 Å². The van der Waals surface area contributed by atoms with E-state index in [9.17, 15) is 4.39 Å². The summed E-state index contributed by atoms with van der Waals surface area (Å²) in [5, 5.41) is 3.71. The van der Waals surface area contributed by atoms with Gasteiger partial charge in [-0.3, -0.25) is 0 Å². The Hall–Kier alpha value is -0.930. The third-order valence-corrected chi connectivity index (χ3v) is 4.31. The number of rotatable bonds is 6. The molecule has 1 aromatic rings. The third-order valence-electron chi connectivity index (χ3n) is 4.31. The summed E-state index contributed by atoms with van der Waals surface area (Å²) in [6.07, 6.45) is 3.51. The molecular weight excluding hydrogens is 263 g/mol. The van der Waals surface area contributed by atoms with Crippen LogP contribution in [0.5, 0.6) is 0 Å². The summed E-state index contributed by atoms with van der Waals surface area (Å²) >= 11 is 0. The van der Waals surface area contributed by atoms with Crippen LogP contribution in [0, 0.1) is 17.7 Å². The molecule has 1 aliphatic rings. The molecule has 0 aliphatic carbocycles. The predicted molar refractivity (Wildman–Crippen MR) is 87.0 cm³/mol. The maximum atomic E-state index is 13.0. The molecule has 2 rings (SSSR count). The fourth-order valence-electron chi connectivity index (χ4n) is 3.27. The average Bonchev–Trinajstić information content (AvgIpc) is 2.40. The number of halogens is 1. The van der Waals surface area contributed by atoms with Crippen molar-refractivity contribution in [1.29, 1.82) is 0 Å². The lowest BCUT2D eigenvalue weighted by Crippen LogP contribution is -2.48. The van der Waals surface area contributed by atoms with Gasteiger partial charge in [-0.15, -0.1) is 0 Å². The quantitative estimate of drug-likeness (QED) is 0.865. The minimum atomic E-state index is -0.146. The van der Waals surface area contributed by atoms with Crippen molar-refractivity contribution in [3.8, 4) is 0 Å². The number of nitrogens with one attached hydrogen (secondary N) is 1. The molecule has 21 heavy (non-hydrogen) atoms. The topological polar surface area (TPSA) is 15.3 Å². The van der Waals surface area contributed by atoms with Gasteiger partial charge in [0.05, 0.1) is 0 Å². The van der Waals surface area contributed by atoms with Gasteiger partial charge in [0, 0.05) is 19.1 Å². The average molecular weight is 292 g/mol. The van der Waals surface area contributed by atoms with Crippen molar-refractivity contribution >= 4 is 0 Å². The van der Waals surface area contributed by atoms with Crippen LogP contribution in [0.2, 0.25) is 0 Å². The fourth-order valence-corrected chi connectivity index (χ4v) is 3.27. The number of likely N-dealkylation sites (tertiary alicyclic amines) is 1. The minimum absolute atomic E-state index is 0.146. The van der Waals surface area contributed by atoms with Crippen LogP contribution in [0.25, 0.3) is 0 Å². The second-order valence-corrected chi connectivity index (χ2v) is 6.99. The largest absolute Gasteiger partial charge is 0.313 e. The first kappa shape index (κ1) is 16.4. The molecular formula is C18H29FN2. The molecule has 0 spiro atoms. The van der Waals surface area contributed by atoms with Gasteiger partial charge in [0.15, 0.2) is 0 Å². The molecule has 2 unspecified atom stereocenters. The van der Waals surface area contributed by atoms with E-state index in [4.69, 9.17) is 0 Å². The van der Waals surface area contributed by atoms with E-state index in [2.05, 4.69) is 31.1 Å². The molecule has 1 fully saturated rings. The van der Waals surface area contributed by atoms with Gasteiger partial charge in [0.2, 0.25) is 0 Å². The maximum Gasteiger partial charge on any atom is 0.123 e. The zero-order chi connectivity index (χ0) is 15.2. The summed E-state index contributed by atoms with van der Waals surface area (Å²) < 4.78 is 13.0. The SMILES string of the molecule is CC(C)CCNC1CC(Cc2ccc(F)cc2)CN(C)C1. The Morgan fingerprint density at radius 3 is 2.62 bits per heavy atom. The van der Waals surface area contributed by atoms with Crippen molar-refractivity contribution in [3.63, 3.8) is 0 Å². The molecule has 1 heterocycles. The fraction of sp³-hybridized carbons (Fsp3) is 0.667. The van der Waals surface area contributed by atoms with Gasteiger partial charge in [-0.1, -0.05) is 26.0 Å². The zero-order valence-corrected chi connectivity index (χ0v) is 13.6. The number of hydrogen-bond donors (Lipinski definition) is 1. The Labute approximate surface area is 128 Å². The van der Waals surface area contributed by atoms with Gasteiger partial charge in [0.1, 0.15) is 5.82 Å². The van der Waals surface area contributed by atoms with Crippen LogP contribution in [0.15, 0.2) is 24.3 Å². The first-order valence-electron chi connectivity index (χ1n) is 8.19. The van der Waals surface area contributed by atoms with Gasteiger partial charge in [-0.2, -0.15) is 0 Å². The monoisotopic (exact) mass is 292 g/mol. The molecule has 1 aliphatic heterocycles. The molecule has 118 valence electrons. The number of likely N-dealkylation sites (N-methyl/N-ethyl adjacent to an activating group) is 1. The van der Waals surface area contributed by atoms with Crippen LogP contribution in [-0.4, -0.2) is 37.6 Å². The molecule has 0 radical (unpaired) electrons. The van der Waals surface area contributed by atoms with Gasteiger partial charge in [0.25, 0.3) is 0 Å². The van der Waals surface area contributed by atoms with E-state index >= 15 is 0 Å². The number of benzene rings is 1. The highest BCUT2D eigenvalue weighted by molar-refractivity contribution is 5.17. The molecule has 1 saturated heterocycles. The highest BCUT2D eigenvalue weighted by Gasteiger charge is 2.24.